The zero-order valence-electron chi connectivity index (χ0n) is 14.7. The van der Waals surface area contributed by atoms with Crippen molar-refractivity contribution in [3.05, 3.63) is 12.7 Å². The largest absolute Gasteiger partial charge is 0.444 e. The Bertz CT molecular complexity index is 399. The third-order valence-electron chi connectivity index (χ3n) is 3.46. The lowest BCUT2D eigenvalue weighted by Crippen LogP contribution is -2.45. The molecule has 1 fully saturated rings. The highest BCUT2D eigenvalue weighted by Crippen LogP contribution is 2.19. The summed E-state index contributed by atoms with van der Waals surface area (Å²) >= 11 is 0. The lowest BCUT2D eigenvalue weighted by Gasteiger charge is -2.33. The number of amides is 1. The van der Waals surface area contributed by atoms with E-state index in [0.717, 1.165) is 38.4 Å². The van der Waals surface area contributed by atoms with Gasteiger partial charge in [0.15, 0.2) is 5.96 Å². The van der Waals surface area contributed by atoms with Crippen molar-refractivity contribution in [3.8, 4) is 0 Å². The molecule has 2 N–H and O–H groups in total. The van der Waals surface area contributed by atoms with Crippen molar-refractivity contribution < 1.29 is 9.53 Å². The first-order valence-electron chi connectivity index (χ1n) is 7.89. The Kier molecular flexibility index (Phi) is 10.3. The van der Waals surface area contributed by atoms with Crippen LogP contribution in [0.5, 0.6) is 0 Å². The highest BCUT2D eigenvalue weighted by atomic mass is 127. The fourth-order valence-electron chi connectivity index (χ4n) is 2.28. The van der Waals surface area contributed by atoms with Crippen LogP contribution in [0.4, 0.5) is 4.79 Å². The van der Waals surface area contributed by atoms with Gasteiger partial charge in [-0.2, -0.15) is 0 Å². The van der Waals surface area contributed by atoms with Crippen molar-refractivity contribution in [1.29, 1.82) is 0 Å². The van der Waals surface area contributed by atoms with Gasteiger partial charge in [0.1, 0.15) is 5.60 Å². The first kappa shape index (κ1) is 22.0. The van der Waals surface area contributed by atoms with E-state index < -0.39 is 5.60 Å². The minimum Gasteiger partial charge on any atom is -0.444 e. The van der Waals surface area contributed by atoms with Crippen LogP contribution in [0.3, 0.4) is 0 Å². The van der Waals surface area contributed by atoms with Gasteiger partial charge in [0.25, 0.3) is 0 Å². The maximum Gasteiger partial charge on any atom is 0.410 e. The Morgan fingerprint density at radius 2 is 1.96 bits per heavy atom. The van der Waals surface area contributed by atoms with E-state index in [0.29, 0.717) is 12.5 Å². The second kappa shape index (κ2) is 10.7. The maximum absolute atomic E-state index is 12.0. The SMILES string of the molecule is C=CCNC(=NC)NCC1CCN(C(=O)OC(C)(C)C)CC1.I. The van der Waals surface area contributed by atoms with Crippen LogP contribution in [0.2, 0.25) is 0 Å². The van der Waals surface area contributed by atoms with E-state index in [1.807, 2.05) is 20.8 Å². The van der Waals surface area contributed by atoms with Gasteiger partial charge in [0.05, 0.1) is 0 Å². The van der Waals surface area contributed by atoms with Crippen LogP contribution in [0.25, 0.3) is 0 Å². The number of halogens is 1. The van der Waals surface area contributed by atoms with E-state index in [-0.39, 0.29) is 30.1 Å². The molecule has 1 aliphatic heterocycles. The molecule has 0 spiro atoms. The van der Waals surface area contributed by atoms with Gasteiger partial charge in [-0.15, -0.1) is 30.6 Å². The number of hydrogen-bond donors (Lipinski definition) is 2. The molecule has 0 bridgehead atoms. The third-order valence-corrected chi connectivity index (χ3v) is 3.46. The van der Waals surface area contributed by atoms with E-state index in [1.165, 1.54) is 0 Å². The van der Waals surface area contributed by atoms with E-state index in [9.17, 15) is 4.79 Å². The zero-order chi connectivity index (χ0) is 16.6. The van der Waals surface area contributed by atoms with Crippen LogP contribution < -0.4 is 10.6 Å². The summed E-state index contributed by atoms with van der Waals surface area (Å²) in [6, 6.07) is 0. The molecule has 0 aromatic carbocycles. The van der Waals surface area contributed by atoms with Crippen LogP contribution >= 0.6 is 24.0 Å². The zero-order valence-corrected chi connectivity index (χ0v) is 17.1. The Morgan fingerprint density at radius 1 is 1.35 bits per heavy atom. The molecule has 0 aromatic heterocycles. The molecule has 7 heteroatoms. The van der Waals surface area contributed by atoms with Gasteiger partial charge in [-0.3, -0.25) is 4.99 Å². The Labute approximate surface area is 157 Å². The molecule has 6 nitrogen and oxygen atoms in total. The van der Waals surface area contributed by atoms with Gasteiger partial charge in [0.2, 0.25) is 0 Å². The second-order valence-electron chi connectivity index (χ2n) is 6.53. The number of nitrogens with one attached hydrogen (secondary N) is 2. The Hall–Kier alpha value is -0.990. The van der Waals surface area contributed by atoms with E-state index in [4.69, 9.17) is 4.74 Å². The standard InChI is InChI=1S/C16H30N4O2.HI/c1-6-9-18-14(17-5)19-12-13-7-10-20(11-8-13)15(21)22-16(2,3)4;/h6,13H,1,7-12H2,2-5H3,(H2,17,18,19);1H. The summed E-state index contributed by atoms with van der Waals surface area (Å²) < 4.78 is 5.41. The molecule has 1 saturated heterocycles. The number of ether oxygens (including phenoxy) is 1. The molecule has 0 atom stereocenters. The summed E-state index contributed by atoms with van der Waals surface area (Å²) in [5, 5.41) is 6.46. The highest BCUT2D eigenvalue weighted by Gasteiger charge is 2.26. The smallest absolute Gasteiger partial charge is 0.410 e. The number of piperidine rings is 1. The molecule has 23 heavy (non-hydrogen) atoms. The van der Waals surface area contributed by atoms with E-state index in [1.54, 1.807) is 18.0 Å². The summed E-state index contributed by atoms with van der Waals surface area (Å²) in [5.41, 5.74) is -0.432. The molecule has 0 radical (unpaired) electrons. The molecule has 1 aliphatic rings. The van der Waals surface area contributed by atoms with Gasteiger partial charge >= 0.3 is 6.09 Å². The molecule has 1 heterocycles. The van der Waals surface area contributed by atoms with Crippen LogP contribution in [-0.2, 0) is 4.74 Å². The van der Waals surface area contributed by atoms with Crippen molar-refractivity contribution in [3.63, 3.8) is 0 Å². The highest BCUT2D eigenvalue weighted by molar-refractivity contribution is 14.0. The number of aliphatic imine (C=N–C) groups is 1. The predicted octanol–water partition coefficient (Wildman–Crippen LogP) is 2.60. The molecule has 134 valence electrons. The van der Waals surface area contributed by atoms with Crippen LogP contribution in [-0.4, -0.2) is 55.8 Å². The van der Waals surface area contributed by atoms with Crippen molar-refractivity contribution in [1.82, 2.24) is 15.5 Å². The molecule has 0 unspecified atom stereocenters. The van der Waals surface area contributed by atoms with Crippen molar-refractivity contribution in [2.24, 2.45) is 10.9 Å². The minimum atomic E-state index is -0.432. The number of carbonyl (C=O) groups is 1. The lowest BCUT2D eigenvalue weighted by atomic mass is 9.97. The van der Waals surface area contributed by atoms with Crippen molar-refractivity contribution in [2.45, 2.75) is 39.2 Å². The third kappa shape index (κ3) is 9.02. The van der Waals surface area contributed by atoms with Crippen molar-refractivity contribution in [2.75, 3.05) is 33.2 Å². The monoisotopic (exact) mass is 438 g/mol. The second-order valence-corrected chi connectivity index (χ2v) is 6.53. The summed E-state index contributed by atoms with van der Waals surface area (Å²) in [6.45, 7) is 12.4. The molecule has 0 saturated carbocycles. The average molecular weight is 438 g/mol. The topological polar surface area (TPSA) is 66.0 Å². The molecule has 1 rings (SSSR count). The number of nitrogens with zero attached hydrogens (tertiary/aromatic N) is 2. The van der Waals surface area contributed by atoms with Gasteiger partial charge in [0, 0.05) is 33.2 Å². The number of hydrogen-bond acceptors (Lipinski definition) is 3. The lowest BCUT2D eigenvalue weighted by molar-refractivity contribution is 0.0185. The average Bonchev–Trinajstić information content (AvgIpc) is 2.46. The normalized spacial score (nSPS) is 16.3. The molecule has 0 aromatic rings. The van der Waals surface area contributed by atoms with Gasteiger partial charge in [-0.25, -0.2) is 4.79 Å². The number of carbonyl (C=O) groups excluding carboxylic acids is 1. The van der Waals surface area contributed by atoms with Gasteiger partial charge < -0.3 is 20.3 Å². The van der Waals surface area contributed by atoms with Crippen LogP contribution in [0.15, 0.2) is 17.6 Å². The van der Waals surface area contributed by atoms with Crippen LogP contribution in [0, 0.1) is 5.92 Å². The first-order chi connectivity index (χ1) is 10.4. The fraction of sp³-hybridized carbons (Fsp3) is 0.750. The van der Waals surface area contributed by atoms with Gasteiger partial charge in [-0.05, 0) is 39.5 Å². The molecular formula is C16H31IN4O2. The van der Waals surface area contributed by atoms with Crippen molar-refractivity contribution >= 4 is 36.0 Å². The van der Waals surface area contributed by atoms with E-state index >= 15 is 0 Å². The number of guanidine groups is 1. The summed E-state index contributed by atoms with van der Waals surface area (Å²) in [6.07, 6.45) is 3.55. The summed E-state index contributed by atoms with van der Waals surface area (Å²) in [4.78, 5) is 18.0. The summed E-state index contributed by atoms with van der Waals surface area (Å²) in [7, 11) is 1.75. The maximum atomic E-state index is 12.0. The predicted molar refractivity (Wildman–Crippen MR) is 106 cm³/mol. The van der Waals surface area contributed by atoms with Crippen LogP contribution in [0.1, 0.15) is 33.6 Å². The molecule has 1 amide bonds. The molecule has 0 aliphatic carbocycles. The summed E-state index contributed by atoms with van der Waals surface area (Å²) in [5.74, 6) is 1.33. The quantitative estimate of drug-likeness (QED) is 0.307. The minimum absolute atomic E-state index is 0. The van der Waals surface area contributed by atoms with E-state index in [2.05, 4.69) is 22.2 Å². The fourth-order valence-corrected chi connectivity index (χ4v) is 2.28. The number of rotatable bonds is 4. The first-order valence-corrected chi connectivity index (χ1v) is 7.89. The van der Waals surface area contributed by atoms with Gasteiger partial charge in [-0.1, -0.05) is 6.08 Å². The molecular weight excluding hydrogens is 407 g/mol. The number of likely N-dealkylation sites (tertiary alicyclic amines) is 1. The Morgan fingerprint density at radius 3 is 2.43 bits per heavy atom. The Balaban J connectivity index is 0.00000484.